The van der Waals surface area contributed by atoms with Gasteiger partial charge in [0.1, 0.15) is 0 Å². The van der Waals surface area contributed by atoms with Gasteiger partial charge < -0.3 is 15.3 Å². The van der Waals surface area contributed by atoms with E-state index >= 15 is 0 Å². The Kier molecular flexibility index (Phi) is 5.68. The molecule has 0 aromatic carbocycles. The molecule has 6 nitrogen and oxygen atoms in total. The van der Waals surface area contributed by atoms with Crippen LogP contribution in [0.2, 0.25) is 0 Å². The Labute approximate surface area is 138 Å². The lowest BCUT2D eigenvalue weighted by Crippen LogP contribution is -2.48. The Bertz CT molecular complexity index is 539. The molecule has 0 spiro atoms. The predicted octanol–water partition coefficient (Wildman–Crippen LogP) is 1.77. The third-order valence-electron chi connectivity index (χ3n) is 5.51. The quantitative estimate of drug-likeness (QED) is 0.868. The van der Waals surface area contributed by atoms with Gasteiger partial charge in [-0.05, 0) is 50.5 Å². The maximum absolute atomic E-state index is 12.3. The average Bonchev–Trinajstić information content (AvgIpc) is 2.81. The Hall–Kier alpha value is -1.56. The molecule has 2 N–H and O–H groups in total. The molecule has 0 saturated carbocycles. The van der Waals surface area contributed by atoms with Crippen LogP contribution in [0.3, 0.4) is 0 Å². The van der Waals surface area contributed by atoms with E-state index in [1.165, 1.54) is 5.56 Å². The van der Waals surface area contributed by atoms with Crippen LogP contribution >= 0.6 is 0 Å². The standard InChI is InChI=1S/C17H30N4O2/c1-5-17(12-22)7-10-21(11-8-17)16(23)18-9-6-15-13(2)19-20(4)14(15)3/h22H,5-12H2,1-4H3,(H,18,23). The van der Waals surface area contributed by atoms with Crippen LogP contribution < -0.4 is 5.32 Å². The van der Waals surface area contributed by atoms with E-state index in [1.54, 1.807) is 0 Å². The molecule has 0 bridgehead atoms. The zero-order valence-electron chi connectivity index (χ0n) is 14.9. The first kappa shape index (κ1) is 17.8. The summed E-state index contributed by atoms with van der Waals surface area (Å²) in [6.07, 6.45) is 3.54. The van der Waals surface area contributed by atoms with Gasteiger partial charge in [0, 0.05) is 39.0 Å². The van der Waals surface area contributed by atoms with Crippen LogP contribution in [0.5, 0.6) is 0 Å². The fourth-order valence-corrected chi connectivity index (χ4v) is 3.39. The van der Waals surface area contributed by atoms with Gasteiger partial charge in [0.05, 0.1) is 5.69 Å². The van der Waals surface area contributed by atoms with Crippen LogP contribution in [0.1, 0.15) is 43.1 Å². The Balaban J connectivity index is 1.80. The number of nitrogens with one attached hydrogen (secondary N) is 1. The van der Waals surface area contributed by atoms with E-state index in [0.717, 1.165) is 50.2 Å². The van der Waals surface area contributed by atoms with Gasteiger partial charge in [-0.25, -0.2) is 4.79 Å². The van der Waals surface area contributed by atoms with Gasteiger partial charge in [-0.3, -0.25) is 4.68 Å². The fraction of sp³-hybridized carbons (Fsp3) is 0.765. The van der Waals surface area contributed by atoms with Crippen molar-refractivity contribution in [3.8, 4) is 0 Å². The highest BCUT2D eigenvalue weighted by Gasteiger charge is 2.33. The molecule has 0 radical (unpaired) electrons. The summed E-state index contributed by atoms with van der Waals surface area (Å²) in [5.41, 5.74) is 3.43. The Morgan fingerprint density at radius 3 is 2.48 bits per heavy atom. The third-order valence-corrected chi connectivity index (χ3v) is 5.51. The second kappa shape index (κ2) is 7.34. The largest absolute Gasteiger partial charge is 0.396 e. The highest BCUT2D eigenvalue weighted by atomic mass is 16.3. The Morgan fingerprint density at radius 1 is 1.35 bits per heavy atom. The number of aryl methyl sites for hydroxylation is 2. The maximum atomic E-state index is 12.3. The summed E-state index contributed by atoms with van der Waals surface area (Å²) in [5.74, 6) is 0. The molecule has 2 rings (SSSR count). The number of likely N-dealkylation sites (tertiary alicyclic amines) is 1. The molecule has 1 aromatic rings. The summed E-state index contributed by atoms with van der Waals surface area (Å²) < 4.78 is 1.89. The Morgan fingerprint density at radius 2 is 2.00 bits per heavy atom. The van der Waals surface area contributed by atoms with Gasteiger partial charge in [0.25, 0.3) is 0 Å². The first-order chi connectivity index (χ1) is 10.9. The topological polar surface area (TPSA) is 70.4 Å². The van der Waals surface area contributed by atoms with E-state index in [0.29, 0.717) is 6.54 Å². The number of carbonyl (C=O) groups excluding carboxylic acids is 1. The zero-order valence-corrected chi connectivity index (χ0v) is 14.9. The molecule has 1 fully saturated rings. The van der Waals surface area contributed by atoms with Gasteiger partial charge >= 0.3 is 6.03 Å². The number of carbonyl (C=O) groups is 1. The van der Waals surface area contributed by atoms with Crippen molar-refractivity contribution in [2.24, 2.45) is 12.5 Å². The van der Waals surface area contributed by atoms with Crippen molar-refractivity contribution in [1.82, 2.24) is 20.0 Å². The number of amides is 2. The summed E-state index contributed by atoms with van der Waals surface area (Å²) in [6.45, 7) is 8.48. The molecule has 2 heterocycles. The minimum Gasteiger partial charge on any atom is -0.396 e. The first-order valence-corrected chi connectivity index (χ1v) is 8.55. The van der Waals surface area contributed by atoms with E-state index < -0.39 is 0 Å². The lowest BCUT2D eigenvalue weighted by Gasteiger charge is -2.40. The van der Waals surface area contributed by atoms with Crippen molar-refractivity contribution < 1.29 is 9.90 Å². The fourth-order valence-electron chi connectivity index (χ4n) is 3.39. The second-order valence-corrected chi connectivity index (χ2v) is 6.75. The van der Waals surface area contributed by atoms with Gasteiger partial charge in [-0.2, -0.15) is 5.10 Å². The minimum atomic E-state index is 0.00633. The van der Waals surface area contributed by atoms with Crippen LogP contribution in [-0.4, -0.2) is 52.1 Å². The van der Waals surface area contributed by atoms with Crippen molar-refractivity contribution in [3.05, 3.63) is 17.0 Å². The van der Waals surface area contributed by atoms with Crippen molar-refractivity contribution in [1.29, 1.82) is 0 Å². The van der Waals surface area contributed by atoms with E-state index in [2.05, 4.69) is 24.3 Å². The van der Waals surface area contributed by atoms with Crippen molar-refractivity contribution in [3.63, 3.8) is 0 Å². The summed E-state index contributed by atoms with van der Waals surface area (Å²) in [6, 6.07) is 0.00633. The lowest BCUT2D eigenvalue weighted by molar-refractivity contribution is 0.0520. The van der Waals surface area contributed by atoms with E-state index in [-0.39, 0.29) is 18.1 Å². The number of aliphatic hydroxyl groups excluding tert-OH is 1. The smallest absolute Gasteiger partial charge is 0.317 e. The van der Waals surface area contributed by atoms with Gasteiger partial charge in [0.15, 0.2) is 0 Å². The molecule has 2 amide bonds. The molecule has 0 atom stereocenters. The highest BCUT2D eigenvalue weighted by molar-refractivity contribution is 5.74. The molecule has 1 aliphatic heterocycles. The van der Waals surface area contributed by atoms with Crippen LogP contribution in [0.15, 0.2) is 0 Å². The first-order valence-electron chi connectivity index (χ1n) is 8.55. The minimum absolute atomic E-state index is 0.00633. The van der Waals surface area contributed by atoms with Crippen molar-refractivity contribution in [2.45, 2.75) is 46.5 Å². The summed E-state index contributed by atoms with van der Waals surface area (Å²) in [4.78, 5) is 14.2. The third kappa shape index (κ3) is 3.86. The predicted molar refractivity (Wildman–Crippen MR) is 90.4 cm³/mol. The van der Waals surface area contributed by atoms with Crippen LogP contribution in [-0.2, 0) is 13.5 Å². The number of hydrogen-bond acceptors (Lipinski definition) is 3. The number of aliphatic hydroxyl groups is 1. The number of aromatic nitrogens is 2. The number of urea groups is 1. The van der Waals surface area contributed by atoms with Crippen LogP contribution in [0.25, 0.3) is 0 Å². The van der Waals surface area contributed by atoms with E-state index in [4.69, 9.17) is 0 Å². The monoisotopic (exact) mass is 322 g/mol. The average molecular weight is 322 g/mol. The zero-order chi connectivity index (χ0) is 17.0. The number of hydrogen-bond donors (Lipinski definition) is 2. The molecule has 23 heavy (non-hydrogen) atoms. The molecule has 0 unspecified atom stereocenters. The van der Waals surface area contributed by atoms with Crippen molar-refractivity contribution in [2.75, 3.05) is 26.2 Å². The van der Waals surface area contributed by atoms with E-state index in [1.807, 2.05) is 23.6 Å². The van der Waals surface area contributed by atoms with Crippen LogP contribution in [0, 0.1) is 19.3 Å². The van der Waals surface area contributed by atoms with Crippen LogP contribution in [0.4, 0.5) is 4.79 Å². The van der Waals surface area contributed by atoms with Crippen molar-refractivity contribution >= 4 is 6.03 Å². The van der Waals surface area contributed by atoms with E-state index in [9.17, 15) is 9.90 Å². The summed E-state index contributed by atoms with van der Waals surface area (Å²) in [5, 5.41) is 17.0. The molecule has 6 heteroatoms. The molecule has 130 valence electrons. The normalized spacial score (nSPS) is 17.3. The summed E-state index contributed by atoms with van der Waals surface area (Å²) in [7, 11) is 1.94. The number of rotatable bonds is 5. The molecule has 1 aromatic heterocycles. The SMILES string of the molecule is CCC1(CO)CCN(C(=O)NCCc2c(C)nn(C)c2C)CC1. The number of nitrogens with zero attached hydrogens (tertiary/aromatic N) is 3. The van der Waals surface area contributed by atoms with Gasteiger partial charge in [-0.1, -0.05) is 6.92 Å². The molecule has 1 aliphatic rings. The molecular weight excluding hydrogens is 292 g/mol. The summed E-state index contributed by atoms with van der Waals surface area (Å²) >= 11 is 0. The maximum Gasteiger partial charge on any atom is 0.317 e. The number of piperidine rings is 1. The van der Waals surface area contributed by atoms with Gasteiger partial charge in [0.2, 0.25) is 0 Å². The van der Waals surface area contributed by atoms with Gasteiger partial charge in [-0.15, -0.1) is 0 Å². The molecular formula is C17H30N4O2. The highest BCUT2D eigenvalue weighted by Crippen LogP contribution is 2.34. The lowest BCUT2D eigenvalue weighted by atomic mass is 9.77. The second-order valence-electron chi connectivity index (χ2n) is 6.75. The molecule has 0 aliphatic carbocycles. The molecule has 1 saturated heterocycles.